The first-order valence-electron chi connectivity index (χ1n) is 7.12. The lowest BCUT2D eigenvalue weighted by atomic mass is 9.99. The van der Waals surface area contributed by atoms with E-state index in [1.54, 1.807) is 16.8 Å². The van der Waals surface area contributed by atoms with Crippen LogP contribution in [-0.4, -0.2) is 32.9 Å². The Bertz CT molecular complexity index is 609. The van der Waals surface area contributed by atoms with E-state index in [1.165, 1.54) is 0 Å². The maximum atomic E-state index is 6.25. The van der Waals surface area contributed by atoms with Crippen molar-refractivity contribution in [2.75, 3.05) is 12.3 Å². The van der Waals surface area contributed by atoms with Crippen molar-refractivity contribution in [1.29, 1.82) is 0 Å². The van der Waals surface area contributed by atoms with Gasteiger partial charge in [-0.25, -0.2) is 4.68 Å². The average molecular weight is 308 g/mol. The number of rotatable bonds is 4. The maximum absolute atomic E-state index is 6.25. The first kappa shape index (κ1) is 14.3. The summed E-state index contributed by atoms with van der Waals surface area (Å²) in [6.07, 6.45) is 2.29. The first-order valence-corrected chi connectivity index (χ1v) is 7.50. The van der Waals surface area contributed by atoms with Gasteiger partial charge in [0.25, 0.3) is 0 Å². The van der Waals surface area contributed by atoms with Crippen LogP contribution in [0.5, 0.6) is 0 Å². The van der Waals surface area contributed by atoms with E-state index in [-0.39, 0.29) is 6.10 Å². The Morgan fingerprint density at radius 3 is 3.10 bits per heavy atom. The molecule has 1 aliphatic heterocycles. The molecule has 2 heterocycles. The van der Waals surface area contributed by atoms with Crippen molar-refractivity contribution in [3.8, 4) is 11.4 Å². The molecule has 7 heteroatoms. The molecule has 0 aliphatic carbocycles. The van der Waals surface area contributed by atoms with E-state index in [9.17, 15) is 0 Å². The minimum absolute atomic E-state index is 0.269. The van der Waals surface area contributed by atoms with Crippen molar-refractivity contribution in [3.63, 3.8) is 0 Å². The molecular weight excluding hydrogens is 290 g/mol. The number of nitrogen functional groups attached to an aromatic ring is 1. The molecule has 2 N–H and O–H groups in total. The summed E-state index contributed by atoms with van der Waals surface area (Å²) in [6, 6.07) is 5.40. The Morgan fingerprint density at radius 1 is 1.48 bits per heavy atom. The van der Waals surface area contributed by atoms with Crippen LogP contribution >= 0.6 is 11.6 Å². The molecule has 1 aromatic heterocycles. The molecule has 0 radical (unpaired) electrons. The molecule has 6 nitrogen and oxygen atoms in total. The fourth-order valence-electron chi connectivity index (χ4n) is 2.86. The Kier molecular flexibility index (Phi) is 4.07. The molecule has 2 aromatic rings. The van der Waals surface area contributed by atoms with Gasteiger partial charge >= 0.3 is 0 Å². The summed E-state index contributed by atoms with van der Waals surface area (Å²) in [5.41, 5.74) is 7.29. The van der Waals surface area contributed by atoms with Crippen LogP contribution in [0.4, 0.5) is 5.69 Å². The van der Waals surface area contributed by atoms with Gasteiger partial charge in [0.05, 0.1) is 23.2 Å². The van der Waals surface area contributed by atoms with Crippen LogP contribution in [0.2, 0.25) is 5.02 Å². The minimum Gasteiger partial charge on any atom is -0.398 e. The lowest BCUT2D eigenvalue weighted by Crippen LogP contribution is -2.21. The number of hydrogen-bond acceptors (Lipinski definition) is 5. The SMILES string of the molecule is CCC1OCCC1Cn1nnnc1-c1c(N)cccc1Cl. The normalized spacial score (nSPS) is 21.8. The number of benzene rings is 1. The molecule has 0 spiro atoms. The molecule has 0 saturated carbocycles. The molecule has 1 aromatic carbocycles. The predicted octanol–water partition coefficient (Wildman–Crippen LogP) is 2.39. The molecule has 0 bridgehead atoms. The summed E-state index contributed by atoms with van der Waals surface area (Å²) in [5.74, 6) is 1.03. The molecule has 112 valence electrons. The number of ether oxygens (including phenoxy) is 1. The Balaban J connectivity index is 1.91. The molecule has 1 saturated heterocycles. The van der Waals surface area contributed by atoms with E-state index in [0.29, 0.717) is 34.6 Å². The summed E-state index contributed by atoms with van der Waals surface area (Å²) in [5, 5.41) is 12.5. The zero-order valence-corrected chi connectivity index (χ0v) is 12.6. The van der Waals surface area contributed by atoms with Gasteiger partial charge in [0.2, 0.25) is 0 Å². The van der Waals surface area contributed by atoms with Gasteiger partial charge in [0.1, 0.15) is 0 Å². The van der Waals surface area contributed by atoms with Crippen LogP contribution < -0.4 is 5.73 Å². The standard InChI is InChI=1S/C14H18ClN5O/c1-2-12-9(6-7-21-12)8-20-14(17-18-19-20)13-10(15)4-3-5-11(13)16/h3-5,9,12H,2,6-8,16H2,1H3. The first-order chi connectivity index (χ1) is 10.2. The monoisotopic (exact) mass is 307 g/mol. The van der Waals surface area contributed by atoms with Crippen LogP contribution in [0.25, 0.3) is 11.4 Å². The lowest BCUT2D eigenvalue weighted by Gasteiger charge is -2.17. The summed E-state index contributed by atoms with van der Waals surface area (Å²) >= 11 is 6.25. The fraction of sp³-hybridized carbons (Fsp3) is 0.500. The van der Waals surface area contributed by atoms with Crippen LogP contribution in [-0.2, 0) is 11.3 Å². The second-order valence-corrected chi connectivity index (χ2v) is 5.66. The van der Waals surface area contributed by atoms with Gasteiger partial charge in [-0.15, -0.1) is 5.10 Å². The largest absolute Gasteiger partial charge is 0.398 e. The van der Waals surface area contributed by atoms with Gasteiger partial charge < -0.3 is 10.5 Å². The van der Waals surface area contributed by atoms with Gasteiger partial charge in [-0.2, -0.15) is 0 Å². The van der Waals surface area contributed by atoms with E-state index in [1.807, 2.05) is 6.07 Å². The topological polar surface area (TPSA) is 78.8 Å². The number of tetrazole rings is 1. The third-order valence-corrected chi connectivity index (χ3v) is 4.27. The second kappa shape index (κ2) is 5.99. The second-order valence-electron chi connectivity index (χ2n) is 5.25. The Labute approximate surface area is 128 Å². The van der Waals surface area contributed by atoms with Crippen molar-refractivity contribution in [2.24, 2.45) is 5.92 Å². The average Bonchev–Trinajstić information content (AvgIpc) is 3.09. The number of nitrogens with two attached hydrogens (primary N) is 1. The molecule has 2 unspecified atom stereocenters. The van der Waals surface area contributed by atoms with E-state index in [0.717, 1.165) is 19.4 Å². The van der Waals surface area contributed by atoms with Gasteiger partial charge in [0, 0.05) is 18.2 Å². The van der Waals surface area contributed by atoms with Crippen LogP contribution in [0.3, 0.4) is 0 Å². The molecule has 21 heavy (non-hydrogen) atoms. The van der Waals surface area contributed by atoms with E-state index < -0.39 is 0 Å². The highest BCUT2D eigenvalue weighted by atomic mass is 35.5. The summed E-state index contributed by atoms with van der Waals surface area (Å²) < 4.78 is 7.50. The number of halogens is 1. The quantitative estimate of drug-likeness (QED) is 0.877. The van der Waals surface area contributed by atoms with E-state index in [4.69, 9.17) is 22.1 Å². The van der Waals surface area contributed by atoms with Crippen molar-refractivity contribution >= 4 is 17.3 Å². The summed E-state index contributed by atoms with van der Waals surface area (Å²) in [6.45, 7) is 3.65. The fourth-order valence-corrected chi connectivity index (χ4v) is 3.12. The van der Waals surface area contributed by atoms with Gasteiger partial charge in [-0.1, -0.05) is 24.6 Å². The third kappa shape index (κ3) is 2.73. The van der Waals surface area contributed by atoms with Gasteiger partial charge in [-0.3, -0.25) is 0 Å². The van der Waals surface area contributed by atoms with Crippen LogP contribution in [0.1, 0.15) is 19.8 Å². The molecule has 2 atom stereocenters. The smallest absolute Gasteiger partial charge is 0.185 e. The van der Waals surface area contributed by atoms with Crippen molar-refractivity contribution in [3.05, 3.63) is 23.2 Å². The molecule has 1 fully saturated rings. The number of nitrogens with zero attached hydrogens (tertiary/aromatic N) is 4. The van der Waals surface area contributed by atoms with Gasteiger partial charge in [-0.05, 0) is 35.4 Å². The van der Waals surface area contributed by atoms with Crippen LogP contribution in [0, 0.1) is 5.92 Å². The van der Waals surface area contributed by atoms with E-state index in [2.05, 4.69) is 22.4 Å². The van der Waals surface area contributed by atoms with Crippen molar-refractivity contribution < 1.29 is 4.74 Å². The Hall–Kier alpha value is -1.66. The highest BCUT2D eigenvalue weighted by Crippen LogP contribution is 2.32. The summed E-state index contributed by atoms with van der Waals surface area (Å²) in [7, 11) is 0. The molecule has 1 aliphatic rings. The third-order valence-electron chi connectivity index (χ3n) is 3.96. The van der Waals surface area contributed by atoms with Crippen LogP contribution in [0.15, 0.2) is 18.2 Å². The van der Waals surface area contributed by atoms with Gasteiger partial charge in [0.15, 0.2) is 5.82 Å². The number of aromatic nitrogens is 4. The lowest BCUT2D eigenvalue weighted by molar-refractivity contribution is 0.0825. The highest BCUT2D eigenvalue weighted by Gasteiger charge is 2.28. The van der Waals surface area contributed by atoms with Crippen molar-refractivity contribution in [1.82, 2.24) is 20.2 Å². The zero-order valence-electron chi connectivity index (χ0n) is 11.9. The maximum Gasteiger partial charge on any atom is 0.185 e. The minimum atomic E-state index is 0.269. The molecular formula is C14H18ClN5O. The van der Waals surface area contributed by atoms with E-state index >= 15 is 0 Å². The zero-order chi connectivity index (χ0) is 14.8. The van der Waals surface area contributed by atoms with Crippen molar-refractivity contribution in [2.45, 2.75) is 32.4 Å². The predicted molar refractivity (Wildman–Crippen MR) is 80.8 cm³/mol. The molecule has 0 amide bonds. The Morgan fingerprint density at radius 2 is 2.33 bits per heavy atom. The number of hydrogen-bond donors (Lipinski definition) is 1. The number of anilines is 1. The highest BCUT2D eigenvalue weighted by molar-refractivity contribution is 6.33. The molecule has 3 rings (SSSR count). The summed E-state index contributed by atoms with van der Waals surface area (Å²) in [4.78, 5) is 0.